The number of aromatic nitrogens is 5. The number of rotatable bonds is 4. The van der Waals surface area contributed by atoms with Crippen LogP contribution in [0.15, 0.2) is 36.9 Å². The van der Waals surface area contributed by atoms with Crippen molar-refractivity contribution in [3.8, 4) is 5.82 Å². The molecule has 8 nitrogen and oxygen atoms in total. The Bertz CT molecular complexity index is 1210. The summed E-state index contributed by atoms with van der Waals surface area (Å²) in [7, 11) is 0. The Morgan fingerprint density at radius 3 is 2.56 bits per heavy atom. The van der Waals surface area contributed by atoms with E-state index in [9.17, 15) is 22.4 Å². The Labute approximate surface area is 192 Å². The number of anilines is 1. The van der Waals surface area contributed by atoms with Crippen molar-refractivity contribution in [1.29, 1.82) is 0 Å². The third-order valence-corrected chi connectivity index (χ3v) is 6.37. The monoisotopic (exact) mass is 475 g/mol. The standard InChI is InChI=1S/C22H21F4N7O/c1-12-6-15(20(28-9-12)33-29-4-5-30-33)21(34)32-11-13-2-3-18(32)17(7-13)31-19-16(23)8-14(10-27-19)22(24,25)26/h4-6,8-10,13,17-18H,2-3,7,11H2,1H3,(H,27,31)/t13-,17-,18+/m1/s1. The summed E-state index contributed by atoms with van der Waals surface area (Å²) in [6.07, 6.45) is 2.80. The van der Waals surface area contributed by atoms with Crippen LogP contribution in [-0.2, 0) is 6.18 Å². The molecule has 3 fully saturated rings. The van der Waals surface area contributed by atoms with Crippen molar-refractivity contribution >= 4 is 11.7 Å². The summed E-state index contributed by atoms with van der Waals surface area (Å²) in [4.78, 5) is 24.7. The summed E-state index contributed by atoms with van der Waals surface area (Å²) >= 11 is 0. The first-order valence-electron chi connectivity index (χ1n) is 10.8. The van der Waals surface area contributed by atoms with E-state index in [2.05, 4.69) is 25.5 Å². The molecule has 3 aromatic rings. The first-order valence-corrected chi connectivity index (χ1v) is 10.8. The molecule has 1 amide bonds. The van der Waals surface area contributed by atoms with Crippen molar-refractivity contribution in [3.05, 3.63) is 59.4 Å². The van der Waals surface area contributed by atoms with Crippen LogP contribution < -0.4 is 5.32 Å². The quantitative estimate of drug-likeness (QED) is 0.580. The third kappa shape index (κ3) is 4.08. The van der Waals surface area contributed by atoms with E-state index in [4.69, 9.17) is 0 Å². The number of aryl methyl sites for hydroxylation is 1. The van der Waals surface area contributed by atoms with Gasteiger partial charge in [-0.15, -0.1) is 4.80 Å². The SMILES string of the molecule is Cc1cnc(-n2nccn2)c(C(=O)N2C[C@@H]3CC[C@H]2[C@H](Nc2ncc(C(F)(F)F)cc2F)C3)c1. The smallest absolute Gasteiger partial charge is 0.363 e. The molecule has 0 aromatic carbocycles. The number of carbonyl (C=O) groups is 1. The van der Waals surface area contributed by atoms with Gasteiger partial charge in [-0.2, -0.15) is 23.4 Å². The number of halogens is 4. The van der Waals surface area contributed by atoms with Crippen LogP contribution in [0.3, 0.4) is 0 Å². The molecule has 2 saturated heterocycles. The fraction of sp³-hybridized carbons (Fsp3) is 0.409. The fourth-order valence-corrected chi connectivity index (χ4v) is 4.82. The number of pyridine rings is 2. The highest BCUT2D eigenvalue weighted by molar-refractivity contribution is 5.97. The van der Waals surface area contributed by atoms with E-state index in [1.165, 1.54) is 17.2 Å². The molecule has 5 heterocycles. The highest BCUT2D eigenvalue weighted by Gasteiger charge is 2.44. The van der Waals surface area contributed by atoms with E-state index in [0.29, 0.717) is 43.0 Å². The van der Waals surface area contributed by atoms with Gasteiger partial charge in [-0.3, -0.25) is 4.79 Å². The van der Waals surface area contributed by atoms with Crippen LogP contribution in [0.1, 0.15) is 40.7 Å². The number of hydrogen-bond donors (Lipinski definition) is 1. The number of piperidine rings is 2. The van der Waals surface area contributed by atoms with E-state index in [1.807, 2.05) is 6.92 Å². The molecular weight excluding hydrogens is 454 g/mol. The van der Waals surface area contributed by atoms with Gasteiger partial charge in [0.05, 0.1) is 29.6 Å². The Kier molecular flexibility index (Phi) is 5.45. The van der Waals surface area contributed by atoms with Crippen molar-refractivity contribution in [2.24, 2.45) is 5.92 Å². The number of nitrogens with one attached hydrogen (secondary N) is 1. The molecule has 0 radical (unpaired) electrons. The summed E-state index contributed by atoms with van der Waals surface area (Å²) in [5, 5.41) is 11.1. The summed E-state index contributed by atoms with van der Waals surface area (Å²) < 4.78 is 53.0. The fourth-order valence-electron chi connectivity index (χ4n) is 4.82. The van der Waals surface area contributed by atoms with Crippen LogP contribution in [0.25, 0.3) is 5.82 Å². The molecule has 3 aliphatic rings. The zero-order valence-electron chi connectivity index (χ0n) is 18.1. The van der Waals surface area contributed by atoms with Crippen LogP contribution in [0.2, 0.25) is 0 Å². The number of alkyl halides is 3. The summed E-state index contributed by atoms with van der Waals surface area (Å²) in [5.41, 5.74) is -0.00214. The Morgan fingerprint density at radius 2 is 1.88 bits per heavy atom. The Hall–Kier alpha value is -3.57. The Balaban J connectivity index is 1.42. The second-order valence-electron chi connectivity index (χ2n) is 8.71. The van der Waals surface area contributed by atoms with E-state index in [0.717, 1.165) is 12.0 Å². The molecule has 2 bridgehead atoms. The average Bonchev–Trinajstić information content (AvgIpc) is 3.34. The van der Waals surface area contributed by atoms with E-state index < -0.39 is 17.6 Å². The molecule has 1 aliphatic carbocycles. The molecule has 6 rings (SSSR count). The normalized spacial score (nSPS) is 22.1. The second kappa shape index (κ2) is 8.33. The molecule has 2 aliphatic heterocycles. The van der Waals surface area contributed by atoms with Crippen molar-refractivity contribution in [1.82, 2.24) is 29.9 Å². The maximum absolute atomic E-state index is 14.4. The lowest BCUT2D eigenvalue weighted by Gasteiger charge is -2.50. The number of amides is 1. The van der Waals surface area contributed by atoms with Gasteiger partial charge in [0.25, 0.3) is 5.91 Å². The first kappa shape index (κ1) is 22.2. The molecule has 12 heteroatoms. The van der Waals surface area contributed by atoms with Crippen LogP contribution in [0.4, 0.5) is 23.4 Å². The highest BCUT2D eigenvalue weighted by atomic mass is 19.4. The summed E-state index contributed by atoms with van der Waals surface area (Å²) in [6, 6.07) is 1.54. The van der Waals surface area contributed by atoms with Crippen molar-refractivity contribution in [3.63, 3.8) is 0 Å². The molecule has 3 aromatic heterocycles. The van der Waals surface area contributed by atoms with Gasteiger partial charge in [-0.25, -0.2) is 14.4 Å². The largest absolute Gasteiger partial charge is 0.417 e. The molecular formula is C22H21F4N7O. The van der Waals surface area contributed by atoms with Crippen molar-refractivity contribution in [2.45, 2.75) is 44.4 Å². The molecule has 1 N–H and O–H groups in total. The van der Waals surface area contributed by atoms with Gasteiger partial charge in [-0.1, -0.05) is 0 Å². The highest BCUT2D eigenvalue weighted by Crippen LogP contribution is 2.38. The number of carbonyl (C=O) groups excluding carboxylic acids is 1. The van der Waals surface area contributed by atoms with Gasteiger partial charge >= 0.3 is 6.18 Å². The minimum atomic E-state index is -4.68. The van der Waals surface area contributed by atoms with Crippen LogP contribution in [-0.4, -0.2) is 54.4 Å². The number of hydrogen-bond acceptors (Lipinski definition) is 6. The van der Waals surface area contributed by atoms with Crippen LogP contribution >= 0.6 is 0 Å². The van der Waals surface area contributed by atoms with Crippen molar-refractivity contribution < 1.29 is 22.4 Å². The minimum absolute atomic E-state index is 0.174. The predicted octanol–water partition coefficient (Wildman–Crippen LogP) is 3.63. The van der Waals surface area contributed by atoms with E-state index in [-0.39, 0.29) is 29.7 Å². The maximum atomic E-state index is 14.4. The minimum Gasteiger partial charge on any atom is -0.363 e. The molecule has 1 saturated carbocycles. The van der Waals surface area contributed by atoms with E-state index in [1.54, 1.807) is 17.2 Å². The molecule has 178 valence electrons. The maximum Gasteiger partial charge on any atom is 0.417 e. The second-order valence-corrected chi connectivity index (χ2v) is 8.71. The molecule has 34 heavy (non-hydrogen) atoms. The van der Waals surface area contributed by atoms with Gasteiger partial charge in [-0.05, 0) is 49.8 Å². The summed E-state index contributed by atoms with van der Waals surface area (Å²) in [5.74, 6) is -1.10. The van der Waals surface area contributed by atoms with Gasteiger partial charge in [0, 0.05) is 25.0 Å². The van der Waals surface area contributed by atoms with Crippen LogP contribution in [0.5, 0.6) is 0 Å². The summed E-state index contributed by atoms with van der Waals surface area (Å²) in [6.45, 7) is 2.36. The lowest BCUT2D eigenvalue weighted by Crippen LogP contribution is -2.60. The molecule has 3 atom stereocenters. The zero-order chi connectivity index (χ0) is 24.0. The zero-order valence-corrected chi connectivity index (χ0v) is 18.1. The van der Waals surface area contributed by atoms with Gasteiger partial charge in [0.2, 0.25) is 0 Å². The Morgan fingerprint density at radius 1 is 1.12 bits per heavy atom. The topological polar surface area (TPSA) is 88.8 Å². The van der Waals surface area contributed by atoms with Crippen LogP contribution in [0, 0.1) is 18.7 Å². The van der Waals surface area contributed by atoms with Gasteiger partial charge in [0.15, 0.2) is 17.5 Å². The van der Waals surface area contributed by atoms with Gasteiger partial charge in [0.1, 0.15) is 0 Å². The predicted molar refractivity (Wildman–Crippen MR) is 113 cm³/mol. The average molecular weight is 475 g/mol. The number of fused-ring (bicyclic) bond motifs is 3. The lowest BCUT2D eigenvalue weighted by atomic mass is 9.76. The van der Waals surface area contributed by atoms with Crippen molar-refractivity contribution in [2.75, 3.05) is 11.9 Å². The third-order valence-electron chi connectivity index (χ3n) is 6.37. The van der Waals surface area contributed by atoms with Gasteiger partial charge < -0.3 is 10.2 Å². The molecule has 0 spiro atoms. The number of nitrogens with zero attached hydrogens (tertiary/aromatic N) is 6. The molecule has 0 unspecified atom stereocenters. The lowest BCUT2D eigenvalue weighted by molar-refractivity contribution is -0.138. The first-order chi connectivity index (χ1) is 16.2. The van der Waals surface area contributed by atoms with E-state index >= 15 is 0 Å².